The predicted octanol–water partition coefficient (Wildman–Crippen LogP) is 4.13. The molecular weight excluding hydrogens is 517 g/mol. The maximum atomic E-state index is 5.93. The number of rotatable bonds is 11. The summed E-state index contributed by atoms with van der Waals surface area (Å²) in [5.41, 5.74) is 4.46. The Kier molecular flexibility index (Phi) is 11.3. The van der Waals surface area contributed by atoms with Crippen molar-refractivity contribution >= 4 is 41.0 Å². The smallest absolute Gasteiger partial charge is 0.191 e. The summed E-state index contributed by atoms with van der Waals surface area (Å²) in [5.74, 6) is 1.66. The molecule has 0 saturated carbocycles. The van der Waals surface area contributed by atoms with Gasteiger partial charge in [-0.05, 0) is 44.0 Å². The van der Waals surface area contributed by atoms with E-state index in [2.05, 4.69) is 56.4 Å². The van der Waals surface area contributed by atoms with E-state index in [1.807, 2.05) is 31.5 Å². The number of ether oxygens (including phenoxy) is 2. The van der Waals surface area contributed by atoms with Gasteiger partial charge in [-0.25, -0.2) is 4.98 Å². The maximum absolute atomic E-state index is 5.93. The average molecular weight is 551 g/mol. The summed E-state index contributed by atoms with van der Waals surface area (Å²) in [6.45, 7) is 8.24. The van der Waals surface area contributed by atoms with Crippen LogP contribution in [0.3, 0.4) is 0 Å². The summed E-state index contributed by atoms with van der Waals surface area (Å²) in [6.07, 6.45) is 2.87. The third-order valence-electron chi connectivity index (χ3n) is 4.98. The molecule has 32 heavy (non-hydrogen) atoms. The van der Waals surface area contributed by atoms with E-state index in [4.69, 9.17) is 9.47 Å². The van der Waals surface area contributed by atoms with Gasteiger partial charge in [-0.2, -0.15) is 0 Å². The van der Waals surface area contributed by atoms with Gasteiger partial charge in [0.25, 0.3) is 0 Å². The lowest BCUT2D eigenvalue weighted by Gasteiger charge is -2.15. The second kappa shape index (κ2) is 13.9. The first-order valence-electron chi connectivity index (χ1n) is 10.9. The standard InChI is InChI=1S/C24H33N5O2.HI/c1-4-30-14-15-31-23-16-19(2)10-11-20(23)17-27-24(25-3)26-12-7-13-29-18-28-21-8-5-6-9-22(21)29;/h5-6,8-11,16,18H,4,7,12-15,17H2,1-3H3,(H2,25,26,27);1H. The zero-order valence-electron chi connectivity index (χ0n) is 19.1. The number of hydrogen-bond acceptors (Lipinski definition) is 4. The lowest BCUT2D eigenvalue weighted by molar-refractivity contribution is 0.110. The number of aromatic nitrogens is 2. The molecule has 7 nitrogen and oxygen atoms in total. The first-order valence-corrected chi connectivity index (χ1v) is 10.9. The molecule has 1 aromatic heterocycles. The van der Waals surface area contributed by atoms with Crippen LogP contribution < -0.4 is 15.4 Å². The molecule has 3 aromatic rings. The van der Waals surface area contributed by atoms with Crippen molar-refractivity contribution in [2.24, 2.45) is 4.99 Å². The van der Waals surface area contributed by atoms with Crippen LogP contribution in [0.25, 0.3) is 11.0 Å². The molecule has 0 spiro atoms. The van der Waals surface area contributed by atoms with Crippen molar-refractivity contribution in [1.82, 2.24) is 20.2 Å². The number of benzene rings is 2. The Morgan fingerprint density at radius 3 is 2.78 bits per heavy atom. The summed E-state index contributed by atoms with van der Waals surface area (Å²) >= 11 is 0. The van der Waals surface area contributed by atoms with E-state index in [0.29, 0.717) is 26.4 Å². The molecule has 0 atom stereocenters. The van der Waals surface area contributed by atoms with E-state index >= 15 is 0 Å². The molecule has 0 aliphatic rings. The van der Waals surface area contributed by atoms with E-state index in [1.54, 1.807) is 7.05 Å². The third kappa shape index (κ3) is 7.67. The number of hydrogen-bond donors (Lipinski definition) is 2. The van der Waals surface area contributed by atoms with Crippen molar-refractivity contribution in [3.63, 3.8) is 0 Å². The van der Waals surface area contributed by atoms with Crippen LogP contribution in [0.1, 0.15) is 24.5 Å². The number of nitrogens with one attached hydrogen (secondary N) is 2. The molecule has 174 valence electrons. The van der Waals surface area contributed by atoms with Crippen LogP contribution in [0, 0.1) is 6.92 Å². The number of guanidine groups is 1. The topological polar surface area (TPSA) is 72.7 Å². The predicted molar refractivity (Wildman–Crippen MR) is 141 cm³/mol. The Bertz CT molecular complexity index is 989. The molecule has 0 radical (unpaired) electrons. The first-order chi connectivity index (χ1) is 15.2. The number of aryl methyl sites for hydroxylation is 2. The fourth-order valence-electron chi connectivity index (χ4n) is 3.34. The molecule has 0 unspecified atom stereocenters. The summed E-state index contributed by atoms with van der Waals surface area (Å²) < 4.78 is 13.5. The van der Waals surface area contributed by atoms with E-state index in [-0.39, 0.29) is 24.0 Å². The molecule has 2 aromatic carbocycles. The fraction of sp³-hybridized carbons (Fsp3) is 0.417. The molecule has 0 aliphatic carbocycles. The summed E-state index contributed by atoms with van der Waals surface area (Å²) in [7, 11) is 1.79. The lowest BCUT2D eigenvalue weighted by atomic mass is 10.1. The summed E-state index contributed by atoms with van der Waals surface area (Å²) in [5, 5.41) is 6.76. The Balaban J connectivity index is 0.00000363. The molecule has 1 heterocycles. The van der Waals surface area contributed by atoms with E-state index in [0.717, 1.165) is 42.3 Å². The van der Waals surface area contributed by atoms with Gasteiger partial charge >= 0.3 is 0 Å². The monoisotopic (exact) mass is 551 g/mol. The highest BCUT2D eigenvalue weighted by atomic mass is 127. The highest BCUT2D eigenvalue weighted by Crippen LogP contribution is 2.20. The van der Waals surface area contributed by atoms with Gasteiger partial charge < -0.3 is 24.7 Å². The number of para-hydroxylation sites is 2. The van der Waals surface area contributed by atoms with Crippen LogP contribution in [-0.2, 0) is 17.8 Å². The Labute approximate surface area is 207 Å². The van der Waals surface area contributed by atoms with E-state index in [9.17, 15) is 0 Å². The Morgan fingerprint density at radius 1 is 1.12 bits per heavy atom. The largest absolute Gasteiger partial charge is 0.491 e. The van der Waals surface area contributed by atoms with Gasteiger partial charge in [-0.3, -0.25) is 4.99 Å². The van der Waals surface area contributed by atoms with E-state index in [1.165, 1.54) is 11.1 Å². The van der Waals surface area contributed by atoms with Crippen LogP contribution in [0.4, 0.5) is 0 Å². The minimum absolute atomic E-state index is 0. The number of halogens is 1. The van der Waals surface area contributed by atoms with E-state index < -0.39 is 0 Å². The first kappa shape index (κ1) is 25.9. The minimum Gasteiger partial charge on any atom is -0.491 e. The maximum Gasteiger partial charge on any atom is 0.191 e. The molecule has 0 fully saturated rings. The van der Waals surface area contributed by atoms with Gasteiger partial charge in [0.05, 0.1) is 24.0 Å². The zero-order chi connectivity index (χ0) is 21.9. The van der Waals surface area contributed by atoms with Crippen molar-refractivity contribution in [3.8, 4) is 5.75 Å². The summed E-state index contributed by atoms with van der Waals surface area (Å²) in [6, 6.07) is 14.5. The highest BCUT2D eigenvalue weighted by molar-refractivity contribution is 14.0. The van der Waals surface area contributed by atoms with Crippen molar-refractivity contribution < 1.29 is 9.47 Å². The van der Waals surface area contributed by atoms with Crippen LogP contribution >= 0.6 is 24.0 Å². The molecule has 0 amide bonds. The van der Waals surface area contributed by atoms with Crippen LogP contribution in [-0.4, -0.2) is 48.9 Å². The van der Waals surface area contributed by atoms with Gasteiger partial charge in [-0.15, -0.1) is 24.0 Å². The van der Waals surface area contributed by atoms with Crippen molar-refractivity contribution in [1.29, 1.82) is 0 Å². The van der Waals surface area contributed by atoms with Crippen LogP contribution in [0.2, 0.25) is 0 Å². The third-order valence-corrected chi connectivity index (χ3v) is 4.98. The summed E-state index contributed by atoms with van der Waals surface area (Å²) in [4.78, 5) is 8.78. The Hall–Kier alpha value is -2.33. The zero-order valence-corrected chi connectivity index (χ0v) is 21.5. The molecular formula is C24H34IN5O2. The lowest BCUT2D eigenvalue weighted by Crippen LogP contribution is -2.37. The quantitative estimate of drug-likeness (QED) is 0.162. The van der Waals surface area contributed by atoms with Gasteiger partial charge in [0.15, 0.2) is 5.96 Å². The molecule has 3 rings (SSSR count). The number of imidazole rings is 1. The Morgan fingerprint density at radius 2 is 1.97 bits per heavy atom. The average Bonchev–Trinajstić information content (AvgIpc) is 3.20. The van der Waals surface area contributed by atoms with Crippen LogP contribution in [0.5, 0.6) is 5.75 Å². The number of nitrogens with zero attached hydrogens (tertiary/aromatic N) is 3. The second-order valence-corrected chi connectivity index (χ2v) is 7.29. The molecule has 0 bridgehead atoms. The van der Waals surface area contributed by atoms with Crippen molar-refractivity contribution in [3.05, 3.63) is 59.9 Å². The number of fused-ring (bicyclic) bond motifs is 1. The highest BCUT2D eigenvalue weighted by Gasteiger charge is 2.06. The molecule has 0 aliphatic heterocycles. The van der Waals surface area contributed by atoms with Crippen molar-refractivity contribution in [2.45, 2.75) is 33.4 Å². The van der Waals surface area contributed by atoms with Gasteiger partial charge in [-0.1, -0.05) is 24.3 Å². The van der Waals surface area contributed by atoms with Crippen LogP contribution in [0.15, 0.2) is 53.8 Å². The molecule has 8 heteroatoms. The molecule has 2 N–H and O–H groups in total. The fourth-order valence-corrected chi connectivity index (χ4v) is 3.34. The van der Waals surface area contributed by atoms with Crippen molar-refractivity contribution in [2.75, 3.05) is 33.4 Å². The van der Waals surface area contributed by atoms with Gasteiger partial charge in [0.2, 0.25) is 0 Å². The minimum atomic E-state index is 0. The van der Waals surface area contributed by atoms with Gasteiger partial charge in [0.1, 0.15) is 12.4 Å². The second-order valence-electron chi connectivity index (χ2n) is 7.29. The number of aliphatic imine (C=N–C) groups is 1. The molecule has 0 saturated heterocycles. The normalized spacial score (nSPS) is 11.3. The van der Waals surface area contributed by atoms with Gasteiger partial charge in [0, 0.05) is 38.9 Å². The SMILES string of the molecule is CCOCCOc1cc(C)ccc1CNC(=NC)NCCCn1cnc2ccccc21.I.